The van der Waals surface area contributed by atoms with Gasteiger partial charge in [0.1, 0.15) is 11.6 Å². The van der Waals surface area contributed by atoms with Crippen LogP contribution in [-0.2, 0) is 9.59 Å². The molecule has 132 valence electrons. The molecular formula is C18H18ClFN2O3. The minimum Gasteiger partial charge on any atom is -0.497 e. The van der Waals surface area contributed by atoms with Crippen molar-refractivity contribution in [1.29, 1.82) is 0 Å². The Balaban J connectivity index is 2.01. The fourth-order valence-corrected chi connectivity index (χ4v) is 2.43. The summed E-state index contributed by atoms with van der Waals surface area (Å²) < 4.78 is 18.4. The molecule has 1 N–H and O–H groups in total. The quantitative estimate of drug-likeness (QED) is 0.846. The van der Waals surface area contributed by atoms with E-state index in [1.165, 1.54) is 30.0 Å². The predicted octanol–water partition coefficient (Wildman–Crippen LogP) is 3.87. The molecule has 0 heterocycles. The highest BCUT2D eigenvalue weighted by Gasteiger charge is 2.15. The summed E-state index contributed by atoms with van der Waals surface area (Å²) in [6, 6.07) is 11.0. The fraction of sp³-hybridized carbons (Fsp3) is 0.222. The minimum atomic E-state index is -0.565. The number of nitrogens with zero attached hydrogens (tertiary/aromatic N) is 1. The maximum absolute atomic E-state index is 13.3. The lowest BCUT2D eigenvalue weighted by Gasteiger charge is -2.21. The largest absolute Gasteiger partial charge is 0.497 e. The van der Waals surface area contributed by atoms with Crippen LogP contribution in [0.25, 0.3) is 0 Å². The smallest absolute Gasteiger partial charge is 0.226 e. The van der Waals surface area contributed by atoms with Crippen LogP contribution in [0.2, 0.25) is 5.02 Å². The number of amides is 2. The molecule has 0 saturated heterocycles. The van der Waals surface area contributed by atoms with Crippen LogP contribution in [0.15, 0.2) is 42.5 Å². The Morgan fingerprint density at radius 3 is 2.64 bits per heavy atom. The summed E-state index contributed by atoms with van der Waals surface area (Å²) in [5, 5.41) is 2.66. The van der Waals surface area contributed by atoms with Crippen LogP contribution in [0.3, 0.4) is 0 Å². The van der Waals surface area contributed by atoms with Crippen molar-refractivity contribution < 1.29 is 18.7 Å². The van der Waals surface area contributed by atoms with E-state index in [2.05, 4.69) is 5.32 Å². The van der Waals surface area contributed by atoms with Gasteiger partial charge in [0.15, 0.2) is 0 Å². The van der Waals surface area contributed by atoms with E-state index in [-0.39, 0.29) is 29.8 Å². The maximum Gasteiger partial charge on any atom is 0.226 e. The van der Waals surface area contributed by atoms with Crippen molar-refractivity contribution in [3.8, 4) is 5.75 Å². The number of anilines is 2. The predicted molar refractivity (Wildman–Crippen MR) is 95.7 cm³/mol. The molecule has 7 heteroatoms. The number of carbonyl (C=O) groups excluding carboxylic acids is 2. The molecule has 2 aromatic rings. The Morgan fingerprint density at radius 2 is 2.00 bits per heavy atom. The standard InChI is InChI=1S/C18H18ClFN2O3/c1-12(23)22(14-6-7-17(20)16(19)11-14)9-8-18(24)21-13-4-3-5-15(10-13)25-2/h3-7,10-11H,8-9H2,1-2H3,(H,21,24). The lowest BCUT2D eigenvalue weighted by atomic mass is 10.2. The average Bonchev–Trinajstić information content (AvgIpc) is 2.58. The van der Waals surface area contributed by atoms with Crippen molar-refractivity contribution in [1.82, 2.24) is 0 Å². The van der Waals surface area contributed by atoms with Gasteiger partial charge in [0.05, 0.1) is 12.1 Å². The fourth-order valence-electron chi connectivity index (χ4n) is 2.26. The van der Waals surface area contributed by atoms with Crippen LogP contribution in [0.5, 0.6) is 5.75 Å². The van der Waals surface area contributed by atoms with Crippen LogP contribution in [0, 0.1) is 5.82 Å². The van der Waals surface area contributed by atoms with Crippen LogP contribution in [-0.4, -0.2) is 25.5 Å². The lowest BCUT2D eigenvalue weighted by Crippen LogP contribution is -2.32. The second-order valence-corrected chi connectivity index (χ2v) is 5.71. The summed E-state index contributed by atoms with van der Waals surface area (Å²) in [6.45, 7) is 1.52. The maximum atomic E-state index is 13.3. The number of methoxy groups -OCH3 is 1. The molecule has 5 nitrogen and oxygen atoms in total. The number of nitrogens with one attached hydrogen (secondary N) is 1. The Morgan fingerprint density at radius 1 is 1.24 bits per heavy atom. The molecule has 0 unspecified atom stereocenters. The van der Waals surface area contributed by atoms with Gasteiger partial charge in [-0.15, -0.1) is 0 Å². The third-order valence-corrected chi connectivity index (χ3v) is 3.80. The summed E-state index contributed by atoms with van der Waals surface area (Å²) in [4.78, 5) is 25.3. The Bertz CT molecular complexity index is 783. The van der Waals surface area contributed by atoms with Gasteiger partial charge < -0.3 is 15.0 Å². The van der Waals surface area contributed by atoms with Crippen LogP contribution < -0.4 is 15.0 Å². The molecule has 0 atom stereocenters. The van der Waals surface area contributed by atoms with Crippen molar-refractivity contribution in [2.24, 2.45) is 0 Å². The number of halogens is 2. The minimum absolute atomic E-state index is 0.0752. The zero-order valence-electron chi connectivity index (χ0n) is 13.9. The Kier molecular flexibility index (Phi) is 6.36. The van der Waals surface area contributed by atoms with E-state index in [1.54, 1.807) is 31.4 Å². The summed E-state index contributed by atoms with van der Waals surface area (Å²) in [7, 11) is 1.54. The molecule has 0 bridgehead atoms. The first-order valence-corrected chi connectivity index (χ1v) is 7.95. The van der Waals surface area contributed by atoms with Gasteiger partial charge >= 0.3 is 0 Å². The van der Waals surface area contributed by atoms with Crippen LogP contribution in [0.4, 0.5) is 15.8 Å². The molecule has 0 radical (unpaired) electrons. The Labute approximate surface area is 150 Å². The highest BCUT2D eigenvalue weighted by molar-refractivity contribution is 6.31. The highest BCUT2D eigenvalue weighted by Crippen LogP contribution is 2.23. The van der Waals surface area contributed by atoms with Crippen molar-refractivity contribution in [3.63, 3.8) is 0 Å². The molecule has 2 rings (SSSR count). The van der Waals surface area contributed by atoms with E-state index in [4.69, 9.17) is 16.3 Å². The first kappa shape index (κ1) is 18.7. The number of hydrogen-bond donors (Lipinski definition) is 1. The van der Waals surface area contributed by atoms with Gasteiger partial charge in [-0.1, -0.05) is 17.7 Å². The third kappa shape index (κ3) is 5.19. The zero-order valence-corrected chi connectivity index (χ0v) is 14.6. The Hall–Kier alpha value is -2.60. The molecule has 0 fully saturated rings. The number of rotatable bonds is 6. The molecule has 25 heavy (non-hydrogen) atoms. The monoisotopic (exact) mass is 364 g/mol. The first-order chi connectivity index (χ1) is 11.9. The van der Waals surface area contributed by atoms with Crippen molar-refractivity contribution in [3.05, 3.63) is 53.3 Å². The second-order valence-electron chi connectivity index (χ2n) is 5.30. The summed E-state index contributed by atoms with van der Waals surface area (Å²) in [5.41, 5.74) is 1.04. The van der Waals surface area contributed by atoms with Crippen LogP contribution in [0.1, 0.15) is 13.3 Å². The molecule has 0 aromatic heterocycles. The molecule has 0 spiro atoms. The van der Waals surface area contributed by atoms with E-state index in [0.29, 0.717) is 17.1 Å². The lowest BCUT2D eigenvalue weighted by molar-refractivity contribution is -0.117. The topological polar surface area (TPSA) is 58.6 Å². The van der Waals surface area contributed by atoms with Crippen molar-refractivity contribution in [2.45, 2.75) is 13.3 Å². The van der Waals surface area contributed by atoms with Crippen molar-refractivity contribution >= 4 is 34.8 Å². The highest BCUT2D eigenvalue weighted by atomic mass is 35.5. The molecule has 2 aromatic carbocycles. The van der Waals surface area contributed by atoms with Gasteiger partial charge in [0.25, 0.3) is 0 Å². The van der Waals surface area contributed by atoms with Gasteiger partial charge in [-0.2, -0.15) is 0 Å². The van der Waals surface area contributed by atoms with E-state index in [0.717, 1.165) is 0 Å². The van der Waals surface area contributed by atoms with E-state index in [1.807, 2.05) is 0 Å². The molecular weight excluding hydrogens is 347 g/mol. The number of ether oxygens (including phenoxy) is 1. The van der Waals surface area contributed by atoms with Gasteiger partial charge in [-0.05, 0) is 30.3 Å². The van der Waals surface area contributed by atoms with Crippen LogP contribution >= 0.6 is 11.6 Å². The summed E-state index contributed by atoms with van der Waals surface area (Å²) in [5.74, 6) is -0.460. The van der Waals surface area contributed by atoms with E-state index >= 15 is 0 Å². The van der Waals surface area contributed by atoms with E-state index in [9.17, 15) is 14.0 Å². The molecule has 0 aliphatic rings. The van der Waals surface area contributed by atoms with Crippen molar-refractivity contribution in [2.75, 3.05) is 23.9 Å². The number of benzene rings is 2. The summed E-state index contributed by atoms with van der Waals surface area (Å²) >= 11 is 5.76. The third-order valence-electron chi connectivity index (χ3n) is 3.51. The SMILES string of the molecule is COc1cccc(NC(=O)CCN(C(C)=O)c2ccc(F)c(Cl)c2)c1. The van der Waals surface area contributed by atoms with Gasteiger partial charge in [-0.25, -0.2) is 4.39 Å². The molecule has 0 saturated carbocycles. The van der Waals surface area contributed by atoms with E-state index < -0.39 is 5.82 Å². The van der Waals surface area contributed by atoms with Gasteiger partial charge in [0, 0.05) is 37.3 Å². The van der Waals surface area contributed by atoms with Gasteiger partial charge in [0.2, 0.25) is 11.8 Å². The summed E-state index contributed by atoms with van der Waals surface area (Å²) in [6.07, 6.45) is 0.0752. The number of carbonyl (C=O) groups is 2. The number of hydrogen-bond acceptors (Lipinski definition) is 3. The molecule has 0 aliphatic heterocycles. The average molecular weight is 365 g/mol. The first-order valence-electron chi connectivity index (χ1n) is 7.57. The molecule has 2 amide bonds. The zero-order chi connectivity index (χ0) is 18.4. The second kappa shape index (κ2) is 8.48. The van der Waals surface area contributed by atoms with Gasteiger partial charge in [-0.3, -0.25) is 9.59 Å². The molecule has 0 aliphatic carbocycles. The normalized spacial score (nSPS) is 10.2.